The second-order valence-electron chi connectivity index (χ2n) is 10.4. The van der Waals surface area contributed by atoms with Gasteiger partial charge in [-0.05, 0) is 92.3 Å². The first-order chi connectivity index (χ1) is 20.0. The van der Waals surface area contributed by atoms with Gasteiger partial charge in [-0.15, -0.1) is 0 Å². The largest absolute Gasteiger partial charge is 0.481 e. The first-order valence-electron chi connectivity index (χ1n) is 13.6. The van der Waals surface area contributed by atoms with Crippen LogP contribution in [0.2, 0.25) is 0 Å². The van der Waals surface area contributed by atoms with Crippen LogP contribution in [-0.2, 0) is 9.59 Å². The van der Waals surface area contributed by atoms with Crippen LogP contribution in [0, 0.1) is 13.8 Å². The van der Waals surface area contributed by atoms with E-state index in [0.29, 0.717) is 34.8 Å². The molecule has 0 aromatic carbocycles. The van der Waals surface area contributed by atoms with Crippen LogP contribution in [0.1, 0.15) is 71.7 Å². The van der Waals surface area contributed by atoms with Gasteiger partial charge in [0.25, 0.3) is 0 Å². The number of carboxylic acid groups (broad SMARTS) is 2. The number of aliphatic carboxylic acids is 2. The topological polar surface area (TPSA) is 132 Å². The van der Waals surface area contributed by atoms with E-state index in [-0.39, 0.29) is 6.42 Å². The molecule has 0 atom stereocenters. The van der Waals surface area contributed by atoms with E-state index < -0.39 is 11.9 Å². The number of carboxylic acids is 2. The zero-order valence-electron chi connectivity index (χ0n) is 24.1. The predicted molar refractivity (Wildman–Crippen MR) is 169 cm³/mol. The summed E-state index contributed by atoms with van der Waals surface area (Å²) in [5, 5.41) is 18.8. The molecule has 8 heteroatoms. The number of hydrogen-bond acceptors (Lipinski definition) is 4. The second kappa shape index (κ2) is 11.0. The highest BCUT2D eigenvalue weighted by atomic mass is 16.4. The molecule has 8 bridgehead atoms. The Morgan fingerprint density at radius 1 is 0.762 bits per heavy atom. The summed E-state index contributed by atoms with van der Waals surface area (Å²) in [6, 6.07) is 7.77. The summed E-state index contributed by atoms with van der Waals surface area (Å²) >= 11 is 0. The minimum Gasteiger partial charge on any atom is -0.481 e. The maximum Gasteiger partial charge on any atom is 0.328 e. The molecule has 4 N–H and O–H groups in total. The van der Waals surface area contributed by atoms with E-state index in [4.69, 9.17) is 9.97 Å². The number of fused-ring (bicyclic) bond motifs is 8. The van der Waals surface area contributed by atoms with Crippen molar-refractivity contribution in [2.75, 3.05) is 0 Å². The number of nitrogens with one attached hydrogen (secondary N) is 2. The highest BCUT2D eigenvalue weighted by Gasteiger charge is 2.21. The molecule has 5 heterocycles. The third-order valence-electron chi connectivity index (χ3n) is 7.94. The lowest BCUT2D eigenvalue weighted by molar-refractivity contribution is -0.137. The standard InChI is InChI=1S/C34H32N4O4/c1-7-21-17(3)25-13-26-19(5)23(9-11-33(39)40)31(37-26)16-32-24(10-12-34(41)42)20(6)28(38-32)15-30-22(8-2)18(4)27(36-30)14-29(21)35-25/h7-9,11,13-16,35-36H,1-2,10,12H2,3-6H3,(H,39,40)(H,41,42). The first-order valence-corrected chi connectivity index (χ1v) is 13.6. The fraction of sp³-hybridized carbons (Fsp3) is 0.176. The fourth-order valence-corrected chi connectivity index (χ4v) is 5.55. The molecule has 0 saturated heterocycles. The quantitative estimate of drug-likeness (QED) is 0.220. The number of hydrogen-bond donors (Lipinski definition) is 4. The van der Waals surface area contributed by atoms with Gasteiger partial charge in [-0.3, -0.25) is 4.79 Å². The molecule has 0 fully saturated rings. The molecule has 0 spiro atoms. The molecule has 212 valence electrons. The van der Waals surface area contributed by atoms with Crippen molar-refractivity contribution in [3.63, 3.8) is 0 Å². The van der Waals surface area contributed by atoms with Gasteiger partial charge in [0, 0.05) is 51.3 Å². The normalized spacial score (nSPS) is 13.2. The van der Waals surface area contributed by atoms with Crippen molar-refractivity contribution in [1.29, 1.82) is 0 Å². The molecule has 42 heavy (non-hydrogen) atoms. The van der Waals surface area contributed by atoms with Crippen LogP contribution in [0.3, 0.4) is 0 Å². The van der Waals surface area contributed by atoms with Crippen molar-refractivity contribution in [2.24, 2.45) is 0 Å². The number of H-pyrrole nitrogens is 2. The monoisotopic (exact) mass is 560 g/mol. The molecule has 0 unspecified atom stereocenters. The molecule has 2 aliphatic heterocycles. The van der Waals surface area contributed by atoms with Gasteiger partial charge in [0.1, 0.15) is 0 Å². The summed E-state index contributed by atoms with van der Waals surface area (Å²) in [5.74, 6) is -1.97. The zero-order chi connectivity index (χ0) is 30.3. The molecule has 3 aromatic heterocycles. The third-order valence-corrected chi connectivity index (χ3v) is 7.94. The number of aromatic nitrogens is 4. The molecule has 8 nitrogen and oxygen atoms in total. The summed E-state index contributed by atoms with van der Waals surface area (Å²) in [6.45, 7) is 16.0. The van der Waals surface area contributed by atoms with Gasteiger partial charge in [-0.2, -0.15) is 0 Å². The van der Waals surface area contributed by atoms with Crippen molar-refractivity contribution in [3.8, 4) is 0 Å². The van der Waals surface area contributed by atoms with E-state index in [1.165, 1.54) is 6.08 Å². The van der Waals surface area contributed by atoms with Crippen LogP contribution in [0.4, 0.5) is 0 Å². The Labute approximate surface area is 243 Å². The summed E-state index contributed by atoms with van der Waals surface area (Å²) in [5.41, 5.74) is 13.1. The molecule has 2 aliphatic rings. The second-order valence-corrected chi connectivity index (χ2v) is 10.4. The van der Waals surface area contributed by atoms with E-state index >= 15 is 0 Å². The number of carbonyl (C=O) groups is 2. The number of aromatic amines is 2. The molecule has 0 amide bonds. The molecular weight excluding hydrogens is 528 g/mol. The van der Waals surface area contributed by atoms with Gasteiger partial charge in [-0.25, -0.2) is 14.8 Å². The Bertz CT molecular complexity index is 1960. The van der Waals surface area contributed by atoms with E-state index in [9.17, 15) is 19.8 Å². The summed E-state index contributed by atoms with van der Waals surface area (Å²) < 4.78 is 0. The van der Waals surface area contributed by atoms with Crippen LogP contribution < -0.4 is 0 Å². The van der Waals surface area contributed by atoms with Crippen molar-refractivity contribution in [1.82, 2.24) is 19.9 Å². The summed E-state index contributed by atoms with van der Waals surface area (Å²) in [4.78, 5) is 39.8. The van der Waals surface area contributed by atoms with E-state index in [2.05, 4.69) is 23.1 Å². The average Bonchev–Trinajstić information content (AvgIpc) is 3.59. The molecule has 0 aliphatic carbocycles. The Morgan fingerprint density at radius 3 is 1.90 bits per heavy atom. The smallest absolute Gasteiger partial charge is 0.328 e. The molecule has 5 rings (SSSR count). The van der Waals surface area contributed by atoms with Crippen LogP contribution in [0.5, 0.6) is 0 Å². The average molecular weight is 561 g/mol. The Hall–Kier alpha value is -5.24. The maximum atomic E-state index is 11.5. The summed E-state index contributed by atoms with van der Waals surface area (Å²) in [6.07, 6.45) is 6.50. The lowest BCUT2D eigenvalue weighted by Crippen LogP contribution is -1.95. The Kier molecular flexibility index (Phi) is 7.39. The van der Waals surface area contributed by atoms with Gasteiger partial charge in [0.15, 0.2) is 0 Å². The van der Waals surface area contributed by atoms with Crippen LogP contribution in [0.15, 0.2) is 49.6 Å². The van der Waals surface area contributed by atoms with Gasteiger partial charge in [0.2, 0.25) is 0 Å². The van der Waals surface area contributed by atoms with E-state index in [1.54, 1.807) is 0 Å². The fourth-order valence-electron chi connectivity index (χ4n) is 5.55. The number of nitrogens with zero attached hydrogens (tertiary/aromatic N) is 2. The van der Waals surface area contributed by atoms with Gasteiger partial charge in [0.05, 0.1) is 22.8 Å². The lowest BCUT2D eigenvalue weighted by atomic mass is 10.00. The van der Waals surface area contributed by atoms with Crippen molar-refractivity contribution >= 4 is 68.4 Å². The van der Waals surface area contributed by atoms with Crippen molar-refractivity contribution in [3.05, 3.63) is 94.6 Å². The van der Waals surface area contributed by atoms with Gasteiger partial charge < -0.3 is 20.2 Å². The highest BCUT2D eigenvalue weighted by Crippen LogP contribution is 2.37. The summed E-state index contributed by atoms with van der Waals surface area (Å²) in [7, 11) is 0. The van der Waals surface area contributed by atoms with Crippen molar-refractivity contribution in [2.45, 2.75) is 40.5 Å². The van der Waals surface area contributed by atoms with Crippen LogP contribution in [-0.4, -0.2) is 42.1 Å². The number of allylic oxidation sites excluding steroid dienone is 5. The molecule has 0 radical (unpaired) electrons. The number of aryl methyl sites for hydroxylation is 2. The van der Waals surface area contributed by atoms with E-state index in [0.717, 1.165) is 67.1 Å². The number of rotatable bonds is 7. The third kappa shape index (κ3) is 5.03. The molecular formula is C34H32N4O4. The van der Waals surface area contributed by atoms with E-state index in [1.807, 2.05) is 64.1 Å². The highest BCUT2D eigenvalue weighted by molar-refractivity contribution is 6.00. The molecule has 0 saturated carbocycles. The lowest BCUT2D eigenvalue weighted by Gasteiger charge is -2.03. The minimum absolute atomic E-state index is 0.0520. The predicted octanol–water partition coefficient (Wildman–Crippen LogP) is 7.58. The SMILES string of the molecule is C=Cc1c(C)c2cc3[nH]c(cc4nc(cc5nc(cc1[nH]2)C(C)=C5CCC(=O)O)C(C=CC(=O)O)=C4C)c(C)c3C=C. The Morgan fingerprint density at radius 2 is 1.31 bits per heavy atom. The maximum absolute atomic E-state index is 11.5. The van der Waals surface area contributed by atoms with Crippen molar-refractivity contribution < 1.29 is 19.8 Å². The van der Waals surface area contributed by atoms with Crippen LogP contribution in [0.25, 0.3) is 56.5 Å². The van der Waals surface area contributed by atoms with Gasteiger partial charge in [-0.1, -0.05) is 25.3 Å². The Balaban J connectivity index is 1.96. The molecule has 3 aromatic rings. The first kappa shape index (κ1) is 28.3. The zero-order valence-corrected chi connectivity index (χ0v) is 24.1. The van der Waals surface area contributed by atoms with Gasteiger partial charge >= 0.3 is 11.9 Å². The minimum atomic E-state index is -1.07. The van der Waals surface area contributed by atoms with Crippen LogP contribution >= 0.6 is 0 Å².